The van der Waals surface area contributed by atoms with Crippen molar-refractivity contribution in [1.82, 2.24) is 9.97 Å². The molecule has 0 unspecified atom stereocenters. The van der Waals surface area contributed by atoms with Crippen LogP contribution in [0.5, 0.6) is 0 Å². The lowest BCUT2D eigenvalue weighted by atomic mass is 9.83. The number of benzene rings is 1. The molecule has 0 aliphatic heterocycles. The lowest BCUT2D eigenvalue weighted by Gasteiger charge is -2.22. The number of nitrogens with two attached hydrogens (primary N) is 2. The van der Waals surface area contributed by atoms with Crippen LogP contribution in [-0.4, -0.2) is 9.97 Å². The van der Waals surface area contributed by atoms with Gasteiger partial charge in [-0.15, -0.1) is 0 Å². The number of hydrogen-bond acceptors (Lipinski definition) is 4. The Hall–Kier alpha value is -2.57. The normalized spacial score (nSPS) is 12.7. The highest BCUT2D eigenvalue weighted by Crippen LogP contribution is 2.32. The minimum Gasteiger partial charge on any atom is -0.383 e. The molecule has 0 aliphatic carbocycles. The van der Waals surface area contributed by atoms with Gasteiger partial charge in [0.2, 0.25) is 5.95 Å². The fourth-order valence-corrected chi connectivity index (χ4v) is 2.48. The van der Waals surface area contributed by atoms with Crippen LogP contribution in [0.2, 0.25) is 0 Å². The number of anilines is 2. The molecule has 134 valence electrons. The van der Waals surface area contributed by atoms with Crippen molar-refractivity contribution in [3.8, 4) is 0 Å². The van der Waals surface area contributed by atoms with E-state index in [1.165, 1.54) is 12.1 Å². The van der Waals surface area contributed by atoms with Gasteiger partial charge in [-0.1, -0.05) is 45.1 Å². The molecule has 4 N–H and O–H groups in total. The molecule has 0 saturated carbocycles. The van der Waals surface area contributed by atoms with Gasteiger partial charge in [-0.2, -0.15) is 18.2 Å². The van der Waals surface area contributed by atoms with Crippen molar-refractivity contribution in [3.63, 3.8) is 0 Å². The zero-order valence-corrected chi connectivity index (χ0v) is 14.4. The first-order valence-electron chi connectivity index (χ1n) is 7.83. The van der Waals surface area contributed by atoms with E-state index < -0.39 is 17.2 Å². The van der Waals surface area contributed by atoms with Crippen LogP contribution in [0, 0.1) is 0 Å². The molecule has 0 atom stereocenters. The monoisotopic (exact) mass is 350 g/mol. The highest BCUT2D eigenvalue weighted by molar-refractivity contribution is 5.65. The van der Waals surface area contributed by atoms with Gasteiger partial charge >= 0.3 is 6.18 Å². The first-order valence-corrected chi connectivity index (χ1v) is 7.83. The minimum absolute atomic E-state index is 0.119. The van der Waals surface area contributed by atoms with Gasteiger partial charge in [0, 0.05) is 11.0 Å². The van der Waals surface area contributed by atoms with Crippen LogP contribution in [0.4, 0.5) is 24.9 Å². The maximum Gasteiger partial charge on any atom is 0.416 e. The van der Waals surface area contributed by atoms with Crippen LogP contribution in [0.3, 0.4) is 0 Å². The third-order valence-corrected chi connectivity index (χ3v) is 4.03. The second kappa shape index (κ2) is 6.74. The van der Waals surface area contributed by atoms with Crippen LogP contribution >= 0.6 is 0 Å². The molecule has 0 bridgehead atoms. The first-order chi connectivity index (χ1) is 11.5. The summed E-state index contributed by atoms with van der Waals surface area (Å²) in [6.07, 6.45) is -0.0348. The first kappa shape index (κ1) is 18.8. The number of nitrogens with zero attached hydrogens (tertiary/aromatic N) is 2. The SMILES string of the molecule is CCc1nc(N)nc(N)c1/C=C/C(C)(C)c1ccc(C(F)(F)F)cc1. The highest BCUT2D eigenvalue weighted by atomic mass is 19.4. The van der Waals surface area contributed by atoms with E-state index in [0.717, 1.165) is 23.4 Å². The second-order valence-electron chi connectivity index (χ2n) is 6.31. The van der Waals surface area contributed by atoms with Crippen molar-refractivity contribution in [2.75, 3.05) is 11.5 Å². The molecule has 0 fully saturated rings. The van der Waals surface area contributed by atoms with Gasteiger partial charge in [0.05, 0.1) is 11.3 Å². The Morgan fingerprint density at radius 2 is 1.56 bits per heavy atom. The largest absolute Gasteiger partial charge is 0.416 e. The van der Waals surface area contributed by atoms with Crippen LogP contribution in [0.15, 0.2) is 30.3 Å². The Bertz CT molecular complexity index is 778. The fourth-order valence-electron chi connectivity index (χ4n) is 2.48. The summed E-state index contributed by atoms with van der Waals surface area (Å²) in [5.74, 6) is 0.400. The van der Waals surface area contributed by atoms with Gasteiger partial charge < -0.3 is 11.5 Å². The molecule has 1 aromatic carbocycles. The summed E-state index contributed by atoms with van der Waals surface area (Å²) in [4.78, 5) is 8.14. The summed E-state index contributed by atoms with van der Waals surface area (Å²) in [6, 6.07) is 5.14. The summed E-state index contributed by atoms with van der Waals surface area (Å²) in [7, 11) is 0. The van der Waals surface area contributed by atoms with E-state index in [4.69, 9.17) is 11.5 Å². The van der Waals surface area contributed by atoms with Gasteiger partial charge in [0.15, 0.2) is 0 Å². The molecule has 0 radical (unpaired) electrons. The molecule has 0 amide bonds. The average Bonchev–Trinajstić information content (AvgIpc) is 2.52. The average molecular weight is 350 g/mol. The Labute approximate surface area is 144 Å². The van der Waals surface area contributed by atoms with Crippen molar-refractivity contribution in [2.24, 2.45) is 0 Å². The van der Waals surface area contributed by atoms with Crippen LogP contribution < -0.4 is 11.5 Å². The van der Waals surface area contributed by atoms with Gasteiger partial charge in [0.25, 0.3) is 0 Å². The standard InChI is InChI=1S/C18H21F3N4/c1-4-14-13(15(22)25-16(23)24-14)9-10-17(2,3)11-5-7-12(8-6-11)18(19,20)21/h5-10H,4H2,1-3H3,(H4,22,23,24,25)/b10-9+. The third kappa shape index (κ3) is 4.29. The topological polar surface area (TPSA) is 77.8 Å². The molecular weight excluding hydrogens is 329 g/mol. The fraction of sp³-hybridized carbons (Fsp3) is 0.333. The number of allylic oxidation sites excluding steroid dienone is 1. The van der Waals surface area contributed by atoms with E-state index in [9.17, 15) is 13.2 Å². The number of nitrogen functional groups attached to an aromatic ring is 2. The maximum absolute atomic E-state index is 12.7. The van der Waals surface area contributed by atoms with Crippen LogP contribution in [0.25, 0.3) is 6.08 Å². The molecular formula is C18H21F3N4. The lowest BCUT2D eigenvalue weighted by Crippen LogP contribution is -2.14. The van der Waals surface area contributed by atoms with Crippen molar-refractivity contribution in [2.45, 2.75) is 38.8 Å². The smallest absolute Gasteiger partial charge is 0.383 e. The summed E-state index contributed by atoms with van der Waals surface area (Å²) in [6.45, 7) is 5.75. The van der Waals surface area contributed by atoms with Crippen LogP contribution in [-0.2, 0) is 18.0 Å². The predicted octanol–water partition coefficient (Wildman–Crippen LogP) is 4.21. The molecule has 2 rings (SSSR count). The van der Waals surface area contributed by atoms with E-state index >= 15 is 0 Å². The van der Waals surface area contributed by atoms with E-state index in [1.807, 2.05) is 26.8 Å². The quantitative estimate of drug-likeness (QED) is 0.866. The molecule has 0 aliphatic rings. The minimum atomic E-state index is -4.34. The Morgan fingerprint density at radius 1 is 1.00 bits per heavy atom. The zero-order chi connectivity index (χ0) is 18.8. The van der Waals surface area contributed by atoms with Crippen molar-refractivity contribution >= 4 is 17.8 Å². The number of halogens is 3. The summed E-state index contributed by atoms with van der Waals surface area (Å²) in [5, 5.41) is 0. The molecule has 2 aromatic rings. The molecule has 0 saturated heterocycles. The summed E-state index contributed by atoms with van der Waals surface area (Å²) >= 11 is 0. The van der Waals surface area contributed by atoms with Crippen molar-refractivity contribution < 1.29 is 13.2 Å². The Balaban J connectivity index is 2.34. The number of aromatic nitrogens is 2. The van der Waals surface area contributed by atoms with Gasteiger partial charge in [0.1, 0.15) is 5.82 Å². The molecule has 7 heteroatoms. The van der Waals surface area contributed by atoms with Crippen LogP contribution in [0.1, 0.15) is 43.2 Å². The van der Waals surface area contributed by atoms with E-state index in [-0.39, 0.29) is 11.8 Å². The van der Waals surface area contributed by atoms with Crippen molar-refractivity contribution in [3.05, 3.63) is 52.7 Å². The van der Waals surface area contributed by atoms with Gasteiger partial charge in [-0.25, -0.2) is 4.98 Å². The van der Waals surface area contributed by atoms with Crippen molar-refractivity contribution in [1.29, 1.82) is 0 Å². The van der Waals surface area contributed by atoms with E-state index in [2.05, 4.69) is 9.97 Å². The third-order valence-electron chi connectivity index (χ3n) is 4.03. The number of rotatable bonds is 4. The number of aryl methyl sites for hydroxylation is 1. The molecule has 1 aromatic heterocycles. The number of alkyl halides is 3. The number of hydrogen-bond donors (Lipinski definition) is 2. The highest BCUT2D eigenvalue weighted by Gasteiger charge is 2.30. The lowest BCUT2D eigenvalue weighted by molar-refractivity contribution is -0.137. The molecule has 0 spiro atoms. The van der Waals surface area contributed by atoms with E-state index in [1.54, 1.807) is 6.08 Å². The summed E-state index contributed by atoms with van der Waals surface area (Å²) in [5.41, 5.74) is 12.5. The van der Waals surface area contributed by atoms with E-state index in [0.29, 0.717) is 12.0 Å². The molecule has 1 heterocycles. The molecule has 25 heavy (non-hydrogen) atoms. The Morgan fingerprint density at radius 3 is 2.08 bits per heavy atom. The van der Waals surface area contributed by atoms with Gasteiger partial charge in [-0.05, 0) is 24.1 Å². The summed E-state index contributed by atoms with van der Waals surface area (Å²) < 4.78 is 38.1. The molecule has 4 nitrogen and oxygen atoms in total. The van der Waals surface area contributed by atoms with Gasteiger partial charge in [-0.3, -0.25) is 0 Å². The maximum atomic E-state index is 12.7. The second-order valence-corrected chi connectivity index (χ2v) is 6.31. The predicted molar refractivity (Wildman–Crippen MR) is 93.7 cm³/mol. The zero-order valence-electron chi connectivity index (χ0n) is 14.4. The Kier molecular flexibility index (Phi) is 5.06.